The Labute approximate surface area is 103 Å². The van der Waals surface area contributed by atoms with E-state index in [0.29, 0.717) is 13.0 Å². The predicted molar refractivity (Wildman–Crippen MR) is 71.0 cm³/mol. The van der Waals surface area contributed by atoms with Gasteiger partial charge in [-0.25, -0.2) is 0 Å². The van der Waals surface area contributed by atoms with Gasteiger partial charge in [0, 0.05) is 20.0 Å². The van der Waals surface area contributed by atoms with E-state index in [1.165, 1.54) is 11.1 Å². The van der Waals surface area contributed by atoms with Gasteiger partial charge in [0.05, 0.1) is 12.8 Å². The predicted octanol–water partition coefficient (Wildman–Crippen LogP) is 2.73. The summed E-state index contributed by atoms with van der Waals surface area (Å²) >= 11 is 0. The second-order valence-corrected chi connectivity index (χ2v) is 4.48. The number of carbonyl (C=O) groups is 1. The van der Waals surface area contributed by atoms with E-state index in [9.17, 15) is 4.79 Å². The Morgan fingerprint density at radius 1 is 1.29 bits per heavy atom. The topological polar surface area (TPSA) is 29.5 Å². The van der Waals surface area contributed by atoms with Crippen LogP contribution in [0.15, 0.2) is 12.1 Å². The molecule has 94 valence electrons. The minimum atomic E-state index is 0.208. The molecule has 0 N–H and O–H groups in total. The van der Waals surface area contributed by atoms with Crippen LogP contribution in [0.5, 0.6) is 5.75 Å². The lowest BCUT2D eigenvalue weighted by Crippen LogP contribution is -2.21. The molecule has 0 unspecified atom stereocenters. The highest BCUT2D eigenvalue weighted by atomic mass is 16.5. The Balaban J connectivity index is 2.95. The first-order valence-electron chi connectivity index (χ1n) is 5.81. The summed E-state index contributed by atoms with van der Waals surface area (Å²) in [6.45, 7) is 6.48. The highest BCUT2D eigenvalue weighted by Crippen LogP contribution is 2.30. The highest BCUT2D eigenvalue weighted by Gasteiger charge is 2.10. The molecule has 1 rings (SSSR count). The zero-order chi connectivity index (χ0) is 13.0. The first-order valence-corrected chi connectivity index (χ1v) is 5.81. The van der Waals surface area contributed by atoms with Gasteiger partial charge in [-0.1, -0.05) is 0 Å². The van der Waals surface area contributed by atoms with Crippen LogP contribution in [0, 0.1) is 13.8 Å². The molecular weight excluding hydrogens is 214 g/mol. The summed E-state index contributed by atoms with van der Waals surface area (Å²) in [6, 6.07) is 4.14. The maximum atomic E-state index is 11.0. The van der Waals surface area contributed by atoms with Crippen LogP contribution in [0.25, 0.3) is 0 Å². The molecule has 17 heavy (non-hydrogen) atoms. The zero-order valence-corrected chi connectivity index (χ0v) is 11.3. The van der Waals surface area contributed by atoms with Gasteiger partial charge in [-0.3, -0.25) is 4.79 Å². The normalized spacial score (nSPS) is 10.2. The van der Waals surface area contributed by atoms with Crippen molar-refractivity contribution in [3.8, 4) is 5.75 Å². The fourth-order valence-corrected chi connectivity index (χ4v) is 1.68. The van der Waals surface area contributed by atoms with Crippen LogP contribution in [-0.2, 0) is 4.79 Å². The molecule has 0 saturated carbocycles. The number of anilines is 1. The Hall–Kier alpha value is -1.51. The van der Waals surface area contributed by atoms with Gasteiger partial charge in [0.2, 0.25) is 0 Å². The summed E-state index contributed by atoms with van der Waals surface area (Å²) in [7, 11) is 3.65. The minimum absolute atomic E-state index is 0.208. The highest BCUT2D eigenvalue weighted by molar-refractivity contribution is 5.76. The summed E-state index contributed by atoms with van der Waals surface area (Å²) in [4.78, 5) is 13.1. The van der Waals surface area contributed by atoms with Gasteiger partial charge in [0.15, 0.2) is 0 Å². The van der Waals surface area contributed by atoms with E-state index in [-0.39, 0.29) is 5.78 Å². The van der Waals surface area contributed by atoms with Crippen molar-refractivity contribution in [2.75, 3.05) is 25.6 Å². The summed E-state index contributed by atoms with van der Waals surface area (Å²) in [6.07, 6.45) is 0.562. The lowest BCUT2D eigenvalue weighted by atomic mass is 10.1. The summed E-state index contributed by atoms with van der Waals surface area (Å²) in [5.74, 6) is 1.07. The van der Waals surface area contributed by atoms with Crippen LogP contribution in [0.2, 0.25) is 0 Å². The number of hydrogen-bond acceptors (Lipinski definition) is 3. The van der Waals surface area contributed by atoms with Crippen molar-refractivity contribution in [1.29, 1.82) is 0 Å². The van der Waals surface area contributed by atoms with Crippen LogP contribution in [-0.4, -0.2) is 26.5 Å². The summed E-state index contributed by atoms with van der Waals surface area (Å²) < 4.78 is 5.38. The Morgan fingerprint density at radius 3 is 2.41 bits per heavy atom. The average molecular weight is 235 g/mol. The molecule has 1 aromatic rings. The Kier molecular flexibility index (Phi) is 4.55. The number of ketones is 1. The molecule has 3 heteroatoms. The van der Waals surface area contributed by atoms with Crippen LogP contribution >= 0.6 is 0 Å². The molecule has 0 fully saturated rings. The Morgan fingerprint density at radius 2 is 1.88 bits per heavy atom. The molecule has 0 aliphatic carbocycles. The van der Waals surface area contributed by atoms with Crippen molar-refractivity contribution in [3.05, 3.63) is 23.3 Å². The average Bonchev–Trinajstić information content (AvgIpc) is 2.28. The SMILES string of the molecule is COc1cc(C)c(C)cc1N(C)CCC(C)=O. The van der Waals surface area contributed by atoms with Crippen molar-refractivity contribution in [3.63, 3.8) is 0 Å². The molecule has 0 atom stereocenters. The fraction of sp³-hybridized carbons (Fsp3) is 0.500. The number of benzene rings is 1. The zero-order valence-electron chi connectivity index (χ0n) is 11.3. The van der Waals surface area contributed by atoms with Gasteiger partial charge in [-0.2, -0.15) is 0 Å². The molecule has 0 aromatic heterocycles. The molecule has 0 aliphatic rings. The molecule has 0 radical (unpaired) electrons. The number of carbonyl (C=O) groups excluding carboxylic acids is 1. The fourth-order valence-electron chi connectivity index (χ4n) is 1.68. The first-order chi connectivity index (χ1) is 7.95. The maximum absolute atomic E-state index is 11.0. The smallest absolute Gasteiger partial charge is 0.142 e. The van der Waals surface area contributed by atoms with E-state index >= 15 is 0 Å². The van der Waals surface area contributed by atoms with E-state index in [4.69, 9.17) is 4.74 Å². The second kappa shape index (κ2) is 5.71. The van der Waals surface area contributed by atoms with E-state index < -0.39 is 0 Å². The van der Waals surface area contributed by atoms with Crippen molar-refractivity contribution in [1.82, 2.24) is 0 Å². The molecule has 0 bridgehead atoms. The summed E-state index contributed by atoms with van der Waals surface area (Å²) in [5.41, 5.74) is 3.48. The number of Topliss-reactive ketones (excluding diaryl/α,β-unsaturated/α-hetero) is 1. The molecule has 0 saturated heterocycles. The monoisotopic (exact) mass is 235 g/mol. The van der Waals surface area contributed by atoms with E-state index in [2.05, 4.69) is 24.8 Å². The van der Waals surface area contributed by atoms with E-state index in [1.54, 1.807) is 14.0 Å². The van der Waals surface area contributed by atoms with Crippen molar-refractivity contribution >= 4 is 11.5 Å². The van der Waals surface area contributed by atoms with Crippen molar-refractivity contribution in [2.45, 2.75) is 27.2 Å². The number of aryl methyl sites for hydroxylation is 2. The minimum Gasteiger partial charge on any atom is -0.495 e. The summed E-state index contributed by atoms with van der Waals surface area (Å²) in [5, 5.41) is 0. The molecule has 0 aliphatic heterocycles. The third-order valence-electron chi connectivity index (χ3n) is 3.01. The van der Waals surface area contributed by atoms with Crippen LogP contribution in [0.3, 0.4) is 0 Å². The first kappa shape index (κ1) is 13.6. The number of ether oxygens (including phenoxy) is 1. The van der Waals surface area contributed by atoms with Gasteiger partial charge >= 0.3 is 0 Å². The largest absolute Gasteiger partial charge is 0.495 e. The van der Waals surface area contributed by atoms with Crippen molar-refractivity contribution in [2.24, 2.45) is 0 Å². The Bertz CT molecular complexity index is 413. The maximum Gasteiger partial charge on any atom is 0.142 e. The van der Waals surface area contributed by atoms with E-state index in [1.807, 2.05) is 13.1 Å². The number of rotatable bonds is 5. The van der Waals surface area contributed by atoms with Gasteiger partial charge in [-0.15, -0.1) is 0 Å². The standard InChI is InChI=1S/C14H21NO2/c1-10-8-13(14(17-5)9-11(10)2)15(4)7-6-12(3)16/h8-9H,6-7H2,1-5H3. The molecular formula is C14H21NO2. The lowest BCUT2D eigenvalue weighted by Gasteiger charge is -2.22. The lowest BCUT2D eigenvalue weighted by molar-refractivity contribution is -0.116. The van der Waals surface area contributed by atoms with Gasteiger partial charge in [-0.05, 0) is 44.0 Å². The molecule has 0 amide bonds. The molecule has 0 heterocycles. The third kappa shape index (κ3) is 3.48. The van der Waals surface area contributed by atoms with Gasteiger partial charge < -0.3 is 9.64 Å². The van der Waals surface area contributed by atoms with Gasteiger partial charge in [0.1, 0.15) is 11.5 Å². The van der Waals surface area contributed by atoms with Crippen LogP contribution < -0.4 is 9.64 Å². The van der Waals surface area contributed by atoms with Crippen molar-refractivity contribution < 1.29 is 9.53 Å². The third-order valence-corrected chi connectivity index (χ3v) is 3.01. The number of methoxy groups -OCH3 is 1. The second-order valence-electron chi connectivity index (χ2n) is 4.48. The van der Waals surface area contributed by atoms with Crippen LogP contribution in [0.1, 0.15) is 24.5 Å². The van der Waals surface area contributed by atoms with Gasteiger partial charge in [0.25, 0.3) is 0 Å². The van der Waals surface area contributed by atoms with Crippen LogP contribution in [0.4, 0.5) is 5.69 Å². The number of nitrogens with zero attached hydrogens (tertiary/aromatic N) is 1. The number of hydrogen-bond donors (Lipinski definition) is 0. The van der Waals surface area contributed by atoms with E-state index in [0.717, 1.165) is 11.4 Å². The molecule has 3 nitrogen and oxygen atoms in total. The quantitative estimate of drug-likeness (QED) is 0.786. The molecule has 1 aromatic carbocycles. The molecule has 0 spiro atoms.